The Hall–Kier alpha value is -2.34. The number of nitrogens with one attached hydrogen (secondary N) is 2. The third-order valence-corrected chi connectivity index (χ3v) is 3.06. The third-order valence-electron chi connectivity index (χ3n) is 2.82. The Morgan fingerprint density at radius 1 is 1.10 bits per heavy atom. The number of hydrogen-bond acceptors (Lipinski definition) is 4. The van der Waals surface area contributed by atoms with Crippen molar-refractivity contribution in [3.05, 3.63) is 48.2 Å². The van der Waals surface area contributed by atoms with Crippen LogP contribution >= 0.6 is 12.2 Å². The molecule has 1 aromatic carbocycles. The minimum absolute atomic E-state index is 0.540. The molecule has 5 nitrogen and oxygen atoms in total. The van der Waals surface area contributed by atoms with Crippen molar-refractivity contribution in [3.8, 4) is 11.6 Å². The van der Waals surface area contributed by atoms with Crippen LogP contribution < -0.4 is 20.1 Å². The van der Waals surface area contributed by atoms with Gasteiger partial charge in [-0.05, 0) is 36.0 Å². The average Bonchev–Trinajstić information content (AvgIpc) is 2.54. The Kier molecular flexibility index (Phi) is 5.34. The van der Waals surface area contributed by atoms with E-state index >= 15 is 0 Å². The maximum Gasteiger partial charge on any atom is 0.213 e. The van der Waals surface area contributed by atoms with Gasteiger partial charge in [-0.25, -0.2) is 4.98 Å². The van der Waals surface area contributed by atoms with Crippen LogP contribution in [0, 0.1) is 0 Å². The second kappa shape index (κ2) is 7.44. The van der Waals surface area contributed by atoms with Gasteiger partial charge in [0.05, 0.1) is 26.1 Å². The molecule has 0 unspecified atom stereocenters. The summed E-state index contributed by atoms with van der Waals surface area (Å²) >= 11 is 5.24. The third kappa shape index (κ3) is 4.61. The van der Waals surface area contributed by atoms with Crippen LogP contribution in [0.2, 0.25) is 0 Å². The van der Waals surface area contributed by atoms with Gasteiger partial charge in [0.25, 0.3) is 0 Å². The highest BCUT2D eigenvalue weighted by atomic mass is 32.1. The van der Waals surface area contributed by atoms with Crippen molar-refractivity contribution in [1.29, 1.82) is 0 Å². The van der Waals surface area contributed by atoms with E-state index in [9.17, 15) is 0 Å². The first-order valence-corrected chi connectivity index (χ1v) is 6.80. The lowest BCUT2D eigenvalue weighted by Gasteiger charge is -2.11. The van der Waals surface area contributed by atoms with Crippen LogP contribution in [0.25, 0.3) is 0 Å². The van der Waals surface area contributed by atoms with E-state index in [0.29, 0.717) is 17.5 Å². The number of aromatic nitrogens is 1. The largest absolute Gasteiger partial charge is 0.497 e. The number of benzene rings is 1. The highest BCUT2D eigenvalue weighted by Crippen LogP contribution is 2.12. The monoisotopic (exact) mass is 303 g/mol. The van der Waals surface area contributed by atoms with Crippen molar-refractivity contribution in [2.75, 3.05) is 19.5 Å². The topological polar surface area (TPSA) is 55.4 Å². The van der Waals surface area contributed by atoms with E-state index in [-0.39, 0.29) is 0 Å². The first-order valence-electron chi connectivity index (χ1n) is 6.39. The summed E-state index contributed by atoms with van der Waals surface area (Å²) in [5, 5.41) is 6.74. The average molecular weight is 303 g/mol. The summed E-state index contributed by atoms with van der Waals surface area (Å²) in [6.45, 7) is 0.638. The molecule has 110 valence electrons. The van der Waals surface area contributed by atoms with Gasteiger partial charge >= 0.3 is 0 Å². The number of ether oxygens (including phenoxy) is 2. The zero-order valence-electron chi connectivity index (χ0n) is 11.9. The molecule has 0 aliphatic rings. The highest BCUT2D eigenvalue weighted by Gasteiger charge is 2.00. The summed E-state index contributed by atoms with van der Waals surface area (Å²) in [5.74, 6) is 1.40. The molecule has 0 saturated heterocycles. The molecule has 0 amide bonds. The van der Waals surface area contributed by atoms with Gasteiger partial charge in [-0.2, -0.15) is 0 Å². The summed E-state index contributed by atoms with van der Waals surface area (Å²) in [7, 11) is 3.23. The Morgan fingerprint density at radius 2 is 1.86 bits per heavy atom. The first-order chi connectivity index (χ1) is 10.2. The Labute approximate surface area is 129 Å². The molecule has 0 spiro atoms. The fourth-order valence-electron chi connectivity index (χ4n) is 1.68. The van der Waals surface area contributed by atoms with Crippen LogP contribution in [-0.4, -0.2) is 24.3 Å². The molecule has 6 heteroatoms. The van der Waals surface area contributed by atoms with Crippen LogP contribution in [0.5, 0.6) is 11.6 Å². The van der Waals surface area contributed by atoms with E-state index in [1.165, 1.54) is 0 Å². The predicted molar refractivity (Wildman–Crippen MR) is 86.8 cm³/mol. The van der Waals surface area contributed by atoms with Crippen molar-refractivity contribution in [2.24, 2.45) is 0 Å². The lowest BCUT2D eigenvalue weighted by molar-refractivity contribution is 0.398. The maximum absolute atomic E-state index is 5.24. The van der Waals surface area contributed by atoms with Gasteiger partial charge in [-0.15, -0.1) is 0 Å². The SMILES string of the molecule is COc1ccc(CNC(=S)Nc2ccc(OC)nc2)cc1. The van der Waals surface area contributed by atoms with E-state index in [1.54, 1.807) is 26.5 Å². The number of pyridine rings is 1. The normalized spacial score (nSPS) is 9.81. The van der Waals surface area contributed by atoms with Crippen LogP contribution in [0.3, 0.4) is 0 Å². The standard InChI is InChI=1S/C15H17N3O2S/c1-19-13-6-3-11(4-7-13)9-17-15(21)18-12-5-8-14(20-2)16-10-12/h3-8,10H,9H2,1-2H3,(H2,17,18,21). The number of hydrogen-bond donors (Lipinski definition) is 2. The second-order valence-corrected chi connectivity index (χ2v) is 4.65. The van der Waals surface area contributed by atoms with Gasteiger partial charge in [0.15, 0.2) is 5.11 Å². The van der Waals surface area contributed by atoms with Crippen molar-refractivity contribution in [1.82, 2.24) is 10.3 Å². The fourth-order valence-corrected chi connectivity index (χ4v) is 1.87. The summed E-state index contributed by atoms with van der Waals surface area (Å²) in [6, 6.07) is 11.4. The summed E-state index contributed by atoms with van der Waals surface area (Å²) in [5.41, 5.74) is 1.93. The molecule has 2 N–H and O–H groups in total. The Morgan fingerprint density at radius 3 is 2.43 bits per heavy atom. The second-order valence-electron chi connectivity index (χ2n) is 4.24. The van der Waals surface area contributed by atoms with Gasteiger partial charge in [0, 0.05) is 12.6 Å². The van der Waals surface area contributed by atoms with Crippen molar-refractivity contribution < 1.29 is 9.47 Å². The van der Waals surface area contributed by atoms with Crippen molar-refractivity contribution in [3.63, 3.8) is 0 Å². The van der Waals surface area contributed by atoms with Gasteiger partial charge in [-0.1, -0.05) is 12.1 Å². The van der Waals surface area contributed by atoms with Crippen molar-refractivity contribution in [2.45, 2.75) is 6.54 Å². The smallest absolute Gasteiger partial charge is 0.213 e. The van der Waals surface area contributed by atoms with Gasteiger partial charge < -0.3 is 20.1 Å². The lowest BCUT2D eigenvalue weighted by Crippen LogP contribution is -2.27. The zero-order valence-corrected chi connectivity index (χ0v) is 12.7. The first kappa shape index (κ1) is 15.1. The molecule has 1 aromatic heterocycles. The van der Waals surface area contributed by atoms with Crippen LogP contribution in [-0.2, 0) is 6.54 Å². The van der Waals surface area contributed by atoms with Gasteiger partial charge in [-0.3, -0.25) is 0 Å². The molecule has 0 atom stereocenters. The Balaban J connectivity index is 1.83. The highest BCUT2D eigenvalue weighted by molar-refractivity contribution is 7.80. The molecule has 0 fully saturated rings. The molecule has 21 heavy (non-hydrogen) atoms. The van der Waals surface area contributed by atoms with Crippen LogP contribution in [0.4, 0.5) is 5.69 Å². The molecule has 2 aromatic rings. The lowest BCUT2D eigenvalue weighted by atomic mass is 10.2. The molecule has 2 rings (SSSR count). The predicted octanol–water partition coefficient (Wildman–Crippen LogP) is 2.59. The van der Waals surface area contributed by atoms with E-state index in [0.717, 1.165) is 17.0 Å². The van der Waals surface area contributed by atoms with Crippen molar-refractivity contribution >= 4 is 23.0 Å². The minimum Gasteiger partial charge on any atom is -0.497 e. The van der Waals surface area contributed by atoms with E-state index < -0.39 is 0 Å². The molecule has 0 aliphatic carbocycles. The summed E-state index contributed by atoms with van der Waals surface area (Å²) < 4.78 is 10.1. The number of methoxy groups -OCH3 is 2. The molecule has 0 aliphatic heterocycles. The van der Waals surface area contributed by atoms with E-state index in [1.807, 2.05) is 30.3 Å². The van der Waals surface area contributed by atoms with Crippen LogP contribution in [0.1, 0.15) is 5.56 Å². The van der Waals surface area contributed by atoms with Crippen LogP contribution in [0.15, 0.2) is 42.6 Å². The number of nitrogens with zero attached hydrogens (tertiary/aromatic N) is 1. The number of anilines is 1. The van der Waals surface area contributed by atoms with E-state index in [4.69, 9.17) is 21.7 Å². The quantitative estimate of drug-likeness (QED) is 0.828. The summed E-state index contributed by atoms with van der Waals surface area (Å²) in [6.07, 6.45) is 1.67. The molecule has 0 saturated carbocycles. The fraction of sp³-hybridized carbons (Fsp3) is 0.200. The van der Waals surface area contributed by atoms with Gasteiger partial charge in [0.2, 0.25) is 5.88 Å². The molecular formula is C15H17N3O2S. The molecular weight excluding hydrogens is 286 g/mol. The molecule has 0 bridgehead atoms. The minimum atomic E-state index is 0.540. The summed E-state index contributed by atoms with van der Waals surface area (Å²) in [4.78, 5) is 4.10. The number of thiocarbonyl (C=S) groups is 1. The zero-order chi connectivity index (χ0) is 15.1. The Bertz CT molecular complexity index is 585. The number of rotatable bonds is 5. The molecule has 1 heterocycles. The molecule has 0 radical (unpaired) electrons. The van der Waals surface area contributed by atoms with E-state index in [2.05, 4.69) is 15.6 Å². The van der Waals surface area contributed by atoms with Gasteiger partial charge in [0.1, 0.15) is 5.75 Å². The maximum atomic E-state index is 5.24.